The van der Waals surface area contributed by atoms with Crippen molar-refractivity contribution in [2.75, 3.05) is 0 Å². The highest BCUT2D eigenvalue weighted by Crippen LogP contribution is 2.48. The molecule has 0 aromatic heterocycles. The van der Waals surface area contributed by atoms with Gasteiger partial charge in [-0.2, -0.15) is 0 Å². The Bertz CT molecular complexity index is 1190. The van der Waals surface area contributed by atoms with E-state index in [9.17, 15) is 0 Å². The van der Waals surface area contributed by atoms with Crippen molar-refractivity contribution in [3.63, 3.8) is 0 Å². The van der Waals surface area contributed by atoms with Gasteiger partial charge in [0.25, 0.3) is 0 Å². The standard InChI is InChI=1S/C13H38O20Si14/c1-36-13-37(2)22-44(9)27-40(5)17-35-18-42(7)25-41(6)16-34(14-38(3,20-36)24-40)15-39(4,21-36)26-46(11,29-41)32-45(10,23-37)33-47(12,30-42)31-43(8,19-35)28-44/h13H2,1-12H3. The molecule has 266 valence electrons. The fraction of sp³-hybridized carbons (Fsp3) is 1.00. The van der Waals surface area contributed by atoms with E-state index in [0.717, 1.165) is 0 Å². The highest BCUT2D eigenvalue weighted by molar-refractivity contribution is 7.04. The first-order valence-corrected chi connectivity index (χ1v) is 44.6. The largest absolute Gasteiger partial charge is 0.553 e. The number of hydrogen-bond donors (Lipinski definition) is 0. The topological polar surface area (TPSA) is 185 Å². The van der Waals surface area contributed by atoms with E-state index in [1.807, 2.05) is 13.1 Å². The Kier molecular flexibility index (Phi) is 8.09. The molecule has 0 amide bonds. The summed E-state index contributed by atoms with van der Waals surface area (Å²) < 4.78 is 137. The Morgan fingerprint density at radius 3 is 0.702 bits per heavy atom. The molecule has 0 saturated carbocycles. The van der Waals surface area contributed by atoms with Crippen molar-refractivity contribution in [1.82, 2.24) is 0 Å². The van der Waals surface area contributed by atoms with Gasteiger partial charge in [-0.25, -0.2) is 0 Å². The molecule has 8 rings (SSSR count). The predicted molar refractivity (Wildman–Crippen MR) is 177 cm³/mol. The van der Waals surface area contributed by atoms with Crippen molar-refractivity contribution in [1.29, 1.82) is 0 Å². The third-order valence-electron chi connectivity index (χ3n) is 7.57. The summed E-state index contributed by atoms with van der Waals surface area (Å²) in [5, 5.41) is 0. The van der Waals surface area contributed by atoms with Crippen LogP contribution >= 0.6 is 0 Å². The van der Waals surface area contributed by atoms with Crippen LogP contribution in [0.2, 0.25) is 84.2 Å². The lowest BCUT2D eigenvalue weighted by molar-refractivity contribution is 0.0111. The highest BCUT2D eigenvalue weighted by Gasteiger charge is 2.77. The second-order valence-corrected chi connectivity index (χ2v) is 54.1. The van der Waals surface area contributed by atoms with Gasteiger partial charge in [0.15, 0.2) is 0 Å². The second-order valence-electron chi connectivity index (χ2n) is 13.6. The second kappa shape index (κ2) is 10.5. The molecule has 8 saturated heterocycles. The average molecular weight is 908 g/mol. The van der Waals surface area contributed by atoms with E-state index in [1.165, 1.54) is 0 Å². The van der Waals surface area contributed by atoms with Gasteiger partial charge in [0.1, 0.15) is 0 Å². The fourth-order valence-corrected chi connectivity index (χ4v) is 83.1. The van der Waals surface area contributed by atoms with E-state index >= 15 is 0 Å². The van der Waals surface area contributed by atoms with Crippen LogP contribution in [0.4, 0.5) is 0 Å². The predicted octanol–water partition coefficient (Wildman–Crippen LogP) is 0.767. The molecule has 8 aliphatic heterocycles. The molecule has 20 nitrogen and oxygen atoms in total. The third kappa shape index (κ3) is 6.90. The van der Waals surface area contributed by atoms with Crippen LogP contribution in [0.15, 0.2) is 0 Å². The molecule has 8 fully saturated rings. The van der Waals surface area contributed by atoms with Crippen LogP contribution in [0.3, 0.4) is 0 Å². The molecule has 8 aliphatic rings. The molecule has 0 spiro atoms. The van der Waals surface area contributed by atoms with Crippen molar-refractivity contribution in [2.45, 2.75) is 84.2 Å². The number of hydrogen-bond acceptors (Lipinski definition) is 20. The Morgan fingerprint density at radius 1 is 0.255 bits per heavy atom. The minimum Gasteiger partial charge on any atom is -0.395 e. The summed E-state index contributed by atoms with van der Waals surface area (Å²) in [5.41, 5.74) is 0.176. The smallest absolute Gasteiger partial charge is 0.395 e. The van der Waals surface area contributed by atoms with E-state index < -0.39 is 124 Å². The lowest BCUT2D eigenvalue weighted by Gasteiger charge is -2.58. The molecular formula is C13H38O20Si14. The quantitative estimate of drug-likeness (QED) is 0.310. The first-order chi connectivity index (χ1) is 21.2. The van der Waals surface area contributed by atoms with Gasteiger partial charge in [-0.15, -0.1) is 0 Å². The minimum absolute atomic E-state index is 0.176. The maximum Gasteiger partial charge on any atom is 0.553 e. The first kappa shape index (κ1) is 36.2. The summed E-state index contributed by atoms with van der Waals surface area (Å²) in [6.45, 7) is 20.9. The molecular weight excluding hydrogens is 869 g/mol. The van der Waals surface area contributed by atoms with E-state index in [2.05, 4.69) is 0 Å². The normalized spacial score (nSPS) is 62.8. The van der Waals surface area contributed by atoms with Crippen LogP contribution in [0.25, 0.3) is 0 Å². The summed E-state index contributed by atoms with van der Waals surface area (Å²) in [5.74, 6) is 0. The summed E-state index contributed by atoms with van der Waals surface area (Å²) in [7, 11) is -52.2. The van der Waals surface area contributed by atoms with Gasteiger partial charge in [-0.05, 0) is 13.1 Å². The van der Waals surface area contributed by atoms with Gasteiger partial charge in [0.05, 0.1) is 0 Å². The minimum atomic E-state index is -4.01. The third-order valence-corrected chi connectivity index (χ3v) is 68.1. The van der Waals surface area contributed by atoms with E-state index in [4.69, 9.17) is 82.3 Å². The van der Waals surface area contributed by atoms with Gasteiger partial charge in [-0.1, -0.05) is 0 Å². The fourth-order valence-electron chi connectivity index (χ4n) is 7.36. The lowest BCUT2D eigenvalue weighted by atomic mass is 11.8. The molecule has 34 heteroatoms. The summed E-state index contributed by atoms with van der Waals surface area (Å²) in [6.07, 6.45) is 0. The van der Waals surface area contributed by atoms with Crippen LogP contribution < -0.4 is 0 Å². The summed E-state index contributed by atoms with van der Waals surface area (Å²) in [6, 6.07) is 0. The molecule has 47 heavy (non-hydrogen) atoms. The van der Waals surface area contributed by atoms with E-state index in [0.29, 0.717) is 0 Å². The summed E-state index contributed by atoms with van der Waals surface area (Å²) >= 11 is 0. The molecule has 12 atom stereocenters. The van der Waals surface area contributed by atoms with E-state index in [-0.39, 0.29) is 5.67 Å². The molecule has 14 bridgehead atoms. The Balaban J connectivity index is 1.49. The van der Waals surface area contributed by atoms with Gasteiger partial charge in [-0.3, -0.25) is 0 Å². The van der Waals surface area contributed by atoms with Crippen molar-refractivity contribution < 1.29 is 82.3 Å². The summed E-state index contributed by atoms with van der Waals surface area (Å²) in [4.78, 5) is 0. The van der Waals surface area contributed by atoms with Crippen molar-refractivity contribution in [2.24, 2.45) is 0 Å². The number of rotatable bonds is 0. The highest BCUT2D eigenvalue weighted by atomic mass is 28.6. The van der Waals surface area contributed by atoms with Gasteiger partial charge >= 0.3 is 124 Å². The van der Waals surface area contributed by atoms with Gasteiger partial charge in [0, 0.05) is 71.1 Å². The van der Waals surface area contributed by atoms with Crippen LogP contribution in [0.1, 0.15) is 0 Å². The number of fused-ring (bicyclic) bond motifs is 6. The van der Waals surface area contributed by atoms with E-state index in [1.54, 1.807) is 65.5 Å². The van der Waals surface area contributed by atoms with Crippen LogP contribution in [-0.4, -0.2) is 124 Å². The zero-order chi connectivity index (χ0) is 34.0. The maximum atomic E-state index is 7.13. The average Bonchev–Trinajstić information content (AvgIpc) is 2.67. The lowest BCUT2D eigenvalue weighted by Crippen LogP contribution is -2.83. The first-order valence-electron chi connectivity index (χ1n) is 14.9. The Morgan fingerprint density at radius 2 is 0.426 bits per heavy atom. The molecule has 0 N–H and O–H groups in total. The molecule has 12 unspecified atom stereocenters. The van der Waals surface area contributed by atoms with Gasteiger partial charge < -0.3 is 82.3 Å². The Labute approximate surface area is 289 Å². The van der Waals surface area contributed by atoms with Crippen LogP contribution in [0, 0.1) is 0 Å². The molecule has 0 aliphatic carbocycles. The molecule has 0 aromatic carbocycles. The SMILES string of the molecule is C[Si]12C[Si]3(C)O[Si]4(C)O[Si]5(C)O[Si]6O[Si]7(C)O[Si]8(C)O[Si](O[Si](C)(O1)O5)O[Si](C)(O2)O[Si](C)(O8)O[Si](C)(O3)O[Si](C)(O7)O[Si](C)(O6)O4. The molecule has 2 radical (unpaired) electrons. The Hall–Kier alpha value is 2.24. The van der Waals surface area contributed by atoms with Crippen molar-refractivity contribution in [3.8, 4) is 0 Å². The van der Waals surface area contributed by atoms with Gasteiger partial charge in [0.2, 0.25) is 0 Å². The zero-order valence-corrected chi connectivity index (χ0v) is 41.9. The maximum absolute atomic E-state index is 7.13. The van der Waals surface area contributed by atoms with Crippen molar-refractivity contribution >= 4 is 124 Å². The van der Waals surface area contributed by atoms with Crippen LogP contribution in [-0.2, 0) is 82.3 Å². The van der Waals surface area contributed by atoms with Crippen molar-refractivity contribution in [3.05, 3.63) is 0 Å². The van der Waals surface area contributed by atoms with Crippen LogP contribution in [0.5, 0.6) is 0 Å². The zero-order valence-electron chi connectivity index (χ0n) is 27.9. The monoisotopic (exact) mass is 906 g/mol. The molecule has 0 aromatic rings. The molecule has 8 heterocycles.